The molecule has 0 aliphatic rings. The fraction of sp³-hybridized carbons (Fsp3) is 0.294. The number of nitro groups is 1. The molecule has 0 spiro atoms. The highest BCUT2D eigenvalue weighted by molar-refractivity contribution is 7.87. The molecule has 0 fully saturated rings. The smallest absolute Gasteiger partial charge is 0.339 e. The Labute approximate surface area is 146 Å². The molecule has 2 aromatic carbocycles. The number of ether oxygens (including phenoxy) is 1. The molecule has 0 heterocycles. The van der Waals surface area contributed by atoms with Crippen LogP contribution in [0.2, 0.25) is 0 Å². The maximum atomic E-state index is 12.5. The number of hydrogen-bond donors (Lipinski definition) is 0. The van der Waals surface area contributed by atoms with Crippen LogP contribution in [-0.2, 0) is 21.3 Å². The molecule has 0 saturated carbocycles. The highest BCUT2D eigenvalue weighted by Crippen LogP contribution is 2.28. The van der Waals surface area contributed by atoms with E-state index >= 15 is 0 Å². The third kappa shape index (κ3) is 4.55. The zero-order chi connectivity index (χ0) is 18.6. The molecule has 25 heavy (non-hydrogen) atoms. The van der Waals surface area contributed by atoms with Gasteiger partial charge in [-0.2, -0.15) is 8.42 Å². The fourth-order valence-electron chi connectivity index (χ4n) is 2.28. The molecule has 134 valence electrons. The van der Waals surface area contributed by atoms with E-state index in [1.807, 2.05) is 0 Å². The van der Waals surface area contributed by atoms with Gasteiger partial charge in [0.05, 0.1) is 11.5 Å². The predicted molar refractivity (Wildman–Crippen MR) is 92.4 cm³/mol. The van der Waals surface area contributed by atoms with Crippen molar-refractivity contribution >= 4 is 15.8 Å². The number of nitrogens with zero attached hydrogens (tertiary/aromatic N) is 1. The zero-order valence-electron chi connectivity index (χ0n) is 14.2. The average Bonchev–Trinajstić information content (AvgIpc) is 2.55. The summed E-state index contributed by atoms with van der Waals surface area (Å²) < 4.78 is 35.2. The number of non-ortho nitro benzene ring substituents is 1. The third-order valence-electron chi connectivity index (χ3n) is 3.81. The molecule has 0 N–H and O–H groups in total. The van der Waals surface area contributed by atoms with Crippen LogP contribution in [-0.4, -0.2) is 27.1 Å². The molecule has 0 amide bonds. The van der Waals surface area contributed by atoms with Crippen LogP contribution in [0.25, 0.3) is 0 Å². The molecule has 2 rings (SSSR count). The molecule has 0 unspecified atom stereocenters. The molecule has 0 aliphatic heterocycles. The first-order chi connectivity index (χ1) is 11.7. The average molecular weight is 365 g/mol. The lowest BCUT2D eigenvalue weighted by molar-refractivity contribution is -0.385. The topological polar surface area (TPSA) is 95.7 Å². The predicted octanol–water partition coefficient (Wildman–Crippen LogP) is 3.17. The van der Waals surface area contributed by atoms with Crippen LogP contribution in [0.3, 0.4) is 0 Å². The third-order valence-corrected chi connectivity index (χ3v) is 5.18. The highest BCUT2D eigenvalue weighted by Gasteiger charge is 2.24. The van der Waals surface area contributed by atoms with Gasteiger partial charge in [-0.25, -0.2) is 0 Å². The summed E-state index contributed by atoms with van der Waals surface area (Å²) in [6.07, 6.45) is 0.701. The SMILES string of the molecule is COCCc1ccc(OS(=O)(=O)c2cc([N+](=O)[O-])cc(C)c2C)cc1. The summed E-state index contributed by atoms with van der Waals surface area (Å²) in [6, 6.07) is 8.93. The number of benzene rings is 2. The lowest BCUT2D eigenvalue weighted by Crippen LogP contribution is -2.12. The van der Waals surface area contributed by atoms with Crippen molar-refractivity contribution in [3.63, 3.8) is 0 Å². The Morgan fingerprint density at radius 3 is 2.32 bits per heavy atom. The summed E-state index contributed by atoms with van der Waals surface area (Å²) in [5, 5.41) is 11.0. The van der Waals surface area contributed by atoms with Crippen LogP contribution in [0.4, 0.5) is 5.69 Å². The molecule has 7 nitrogen and oxygen atoms in total. The second-order valence-corrected chi connectivity index (χ2v) is 7.08. The largest absolute Gasteiger partial charge is 0.384 e. The maximum absolute atomic E-state index is 12.5. The minimum atomic E-state index is -4.18. The quantitative estimate of drug-likeness (QED) is 0.425. The molecule has 2 aromatic rings. The van der Waals surface area contributed by atoms with Crippen LogP contribution in [0.1, 0.15) is 16.7 Å². The van der Waals surface area contributed by atoms with Crippen molar-refractivity contribution in [1.82, 2.24) is 0 Å². The molecule has 0 atom stereocenters. The summed E-state index contributed by atoms with van der Waals surface area (Å²) >= 11 is 0. The van der Waals surface area contributed by atoms with Crippen LogP contribution >= 0.6 is 0 Å². The summed E-state index contributed by atoms with van der Waals surface area (Å²) in [6.45, 7) is 3.76. The molecule has 0 bridgehead atoms. The standard InChI is InChI=1S/C17H19NO6S/c1-12-10-15(18(19)20)11-17(13(12)2)25(21,22)24-16-6-4-14(5-7-16)8-9-23-3/h4-7,10-11H,8-9H2,1-3H3. The van der Waals surface area contributed by atoms with Gasteiger partial charge in [0, 0.05) is 19.2 Å². The minimum Gasteiger partial charge on any atom is -0.384 e. The van der Waals surface area contributed by atoms with Crippen LogP contribution in [0.5, 0.6) is 5.75 Å². The van der Waals surface area contributed by atoms with Crippen molar-refractivity contribution < 1.29 is 22.3 Å². The Bertz CT molecular complexity index is 875. The maximum Gasteiger partial charge on any atom is 0.339 e. The Balaban J connectivity index is 2.31. The Morgan fingerprint density at radius 1 is 1.12 bits per heavy atom. The van der Waals surface area contributed by atoms with Crippen molar-refractivity contribution in [1.29, 1.82) is 0 Å². The second-order valence-electron chi connectivity index (χ2n) is 5.57. The van der Waals surface area contributed by atoms with Gasteiger partial charge in [-0.1, -0.05) is 12.1 Å². The molecular formula is C17H19NO6S. The van der Waals surface area contributed by atoms with Crippen LogP contribution in [0.15, 0.2) is 41.3 Å². The summed E-state index contributed by atoms with van der Waals surface area (Å²) in [5.74, 6) is 0.143. The van der Waals surface area contributed by atoms with E-state index < -0.39 is 15.0 Å². The van der Waals surface area contributed by atoms with E-state index in [9.17, 15) is 18.5 Å². The van der Waals surface area contributed by atoms with Gasteiger partial charge in [-0.05, 0) is 49.1 Å². The number of methoxy groups -OCH3 is 1. The first kappa shape index (κ1) is 18.9. The van der Waals surface area contributed by atoms with E-state index in [4.69, 9.17) is 8.92 Å². The van der Waals surface area contributed by atoms with Crippen molar-refractivity contribution in [2.75, 3.05) is 13.7 Å². The molecule has 0 aromatic heterocycles. The summed E-state index contributed by atoms with van der Waals surface area (Å²) in [4.78, 5) is 10.2. The van der Waals surface area contributed by atoms with Gasteiger partial charge in [0.2, 0.25) is 0 Å². The Kier molecular flexibility index (Phi) is 5.76. The molecule has 0 radical (unpaired) electrons. The highest BCUT2D eigenvalue weighted by atomic mass is 32.2. The zero-order valence-corrected chi connectivity index (χ0v) is 15.0. The van der Waals surface area contributed by atoms with Gasteiger partial charge in [-0.3, -0.25) is 10.1 Å². The number of hydrogen-bond acceptors (Lipinski definition) is 6. The number of rotatable bonds is 7. The van der Waals surface area contributed by atoms with E-state index in [-0.39, 0.29) is 16.3 Å². The molecule has 0 aliphatic carbocycles. The van der Waals surface area contributed by atoms with Crippen molar-refractivity contribution in [2.24, 2.45) is 0 Å². The first-order valence-corrected chi connectivity index (χ1v) is 8.93. The van der Waals surface area contributed by atoms with Crippen LogP contribution in [0, 0.1) is 24.0 Å². The number of aryl methyl sites for hydroxylation is 1. The number of nitro benzene ring substituents is 1. The van der Waals surface area contributed by atoms with Gasteiger partial charge < -0.3 is 8.92 Å². The lowest BCUT2D eigenvalue weighted by Gasteiger charge is -2.11. The van der Waals surface area contributed by atoms with Crippen molar-refractivity contribution in [2.45, 2.75) is 25.2 Å². The normalized spacial score (nSPS) is 11.3. The van der Waals surface area contributed by atoms with Gasteiger partial charge >= 0.3 is 10.1 Å². The van der Waals surface area contributed by atoms with Gasteiger partial charge in [0.1, 0.15) is 10.6 Å². The first-order valence-electron chi connectivity index (χ1n) is 7.52. The van der Waals surface area contributed by atoms with E-state index in [1.54, 1.807) is 45.2 Å². The van der Waals surface area contributed by atoms with E-state index in [0.717, 1.165) is 11.6 Å². The Morgan fingerprint density at radius 2 is 1.76 bits per heavy atom. The summed E-state index contributed by atoms with van der Waals surface area (Å²) in [5.41, 5.74) is 1.61. The second kappa shape index (κ2) is 7.62. The molecule has 0 saturated heterocycles. The summed E-state index contributed by atoms with van der Waals surface area (Å²) in [7, 11) is -2.58. The molecular weight excluding hydrogens is 346 g/mol. The monoisotopic (exact) mass is 365 g/mol. The van der Waals surface area contributed by atoms with Gasteiger partial charge in [0.15, 0.2) is 0 Å². The molecule has 8 heteroatoms. The van der Waals surface area contributed by atoms with Crippen molar-refractivity contribution in [3.8, 4) is 5.75 Å². The lowest BCUT2D eigenvalue weighted by atomic mass is 10.1. The minimum absolute atomic E-state index is 0.143. The fourth-order valence-corrected chi connectivity index (χ4v) is 3.53. The van der Waals surface area contributed by atoms with E-state index in [2.05, 4.69) is 0 Å². The van der Waals surface area contributed by atoms with Crippen LogP contribution < -0.4 is 4.18 Å². The van der Waals surface area contributed by atoms with E-state index in [0.29, 0.717) is 24.2 Å². The van der Waals surface area contributed by atoms with Crippen molar-refractivity contribution in [3.05, 3.63) is 63.2 Å². The van der Waals surface area contributed by atoms with E-state index in [1.165, 1.54) is 6.07 Å². The Hall–Kier alpha value is -2.45. The van der Waals surface area contributed by atoms with Gasteiger partial charge in [0.25, 0.3) is 5.69 Å². The van der Waals surface area contributed by atoms with Gasteiger partial charge in [-0.15, -0.1) is 0 Å².